The minimum absolute atomic E-state index is 0.0184. The van der Waals surface area contributed by atoms with E-state index in [1.165, 1.54) is 0 Å². The molecule has 2 fully saturated rings. The summed E-state index contributed by atoms with van der Waals surface area (Å²) in [7, 11) is 2.06. The fourth-order valence-electron chi connectivity index (χ4n) is 7.20. The number of ketones is 3. The number of nitrogens with one attached hydrogen (secondary N) is 2. The van der Waals surface area contributed by atoms with Crippen molar-refractivity contribution in [2.75, 3.05) is 46.5 Å². The number of ether oxygens (including phenoxy) is 2. The number of hydrogen-bond acceptors (Lipinski definition) is 7. The zero-order valence-corrected chi connectivity index (χ0v) is 32.7. The number of epoxide rings is 1. The van der Waals surface area contributed by atoms with Crippen LogP contribution in [-0.2, 0) is 46.3 Å². The van der Waals surface area contributed by atoms with Crippen molar-refractivity contribution in [3.05, 3.63) is 71.8 Å². The molecule has 53 heavy (non-hydrogen) atoms. The topological polar surface area (TPSA) is 131 Å². The molecule has 2 aromatic rings. The van der Waals surface area contributed by atoms with E-state index in [0.29, 0.717) is 63.0 Å². The minimum atomic E-state index is -0.899. The van der Waals surface area contributed by atoms with Crippen LogP contribution in [0.2, 0.25) is 0 Å². The lowest BCUT2D eigenvalue weighted by atomic mass is 9.87. The fraction of sp³-hybridized carbons (Fsp3) is 0.605. The molecule has 5 atom stereocenters. The zero-order chi connectivity index (χ0) is 38.6. The Balaban J connectivity index is 1.52. The normalized spacial score (nSPS) is 20.2. The third-order valence-corrected chi connectivity index (χ3v) is 10.6. The quantitative estimate of drug-likeness (QED) is 0.130. The van der Waals surface area contributed by atoms with Crippen LogP contribution >= 0.6 is 0 Å². The molecule has 0 saturated carbocycles. The smallest absolute Gasteiger partial charge is 0.224 e. The summed E-state index contributed by atoms with van der Waals surface area (Å²) in [5.74, 6) is -2.23. The molecule has 2 saturated heterocycles. The molecule has 10 heteroatoms. The van der Waals surface area contributed by atoms with Gasteiger partial charge in [-0.2, -0.15) is 0 Å². The predicted molar refractivity (Wildman–Crippen MR) is 205 cm³/mol. The molecule has 2 amide bonds. The highest BCUT2D eigenvalue weighted by atomic mass is 16.6. The van der Waals surface area contributed by atoms with E-state index >= 15 is 0 Å². The molecule has 0 spiro atoms. The van der Waals surface area contributed by atoms with Crippen molar-refractivity contribution in [1.29, 1.82) is 0 Å². The average Bonchev–Trinajstić information content (AvgIpc) is 3.87. The van der Waals surface area contributed by atoms with Gasteiger partial charge >= 0.3 is 0 Å². The van der Waals surface area contributed by atoms with Gasteiger partial charge in [0.15, 0.2) is 17.3 Å². The molecule has 290 valence electrons. The lowest BCUT2D eigenvalue weighted by Gasteiger charge is -2.37. The Labute approximate surface area is 316 Å². The van der Waals surface area contributed by atoms with Crippen molar-refractivity contribution in [2.24, 2.45) is 23.7 Å². The highest BCUT2D eigenvalue weighted by molar-refractivity contribution is 5.98. The maximum absolute atomic E-state index is 14.3. The molecule has 2 N–H and O–H groups in total. The number of carbonyl (C=O) groups excluding carboxylic acids is 5. The summed E-state index contributed by atoms with van der Waals surface area (Å²) in [4.78, 5) is 69.3. The Morgan fingerprint density at radius 3 is 1.85 bits per heavy atom. The monoisotopic (exact) mass is 732 g/mol. The summed E-state index contributed by atoms with van der Waals surface area (Å²) in [6.07, 6.45) is 2.20. The first kappa shape index (κ1) is 42.0. The average molecular weight is 733 g/mol. The van der Waals surface area contributed by atoms with Gasteiger partial charge in [-0.3, -0.25) is 24.0 Å². The fourth-order valence-corrected chi connectivity index (χ4v) is 7.20. The second-order valence-electron chi connectivity index (χ2n) is 16.6. The number of morpholine rings is 1. The van der Waals surface area contributed by atoms with Crippen molar-refractivity contribution in [3.63, 3.8) is 0 Å². The molecule has 2 aliphatic heterocycles. The first-order chi connectivity index (χ1) is 25.2. The number of aryl methyl sites for hydroxylation is 1. The van der Waals surface area contributed by atoms with E-state index in [4.69, 9.17) is 9.47 Å². The number of nitrogens with zero attached hydrogens (tertiary/aromatic N) is 1. The predicted octanol–water partition coefficient (Wildman–Crippen LogP) is 4.91. The first-order valence-electron chi connectivity index (χ1n) is 19.5. The molecule has 0 aromatic heterocycles. The number of quaternary nitrogens is 1. The number of hydrogen-bond donors (Lipinski definition) is 2. The largest absolute Gasteiger partial charge is 0.370 e. The van der Waals surface area contributed by atoms with E-state index in [9.17, 15) is 24.0 Å². The summed E-state index contributed by atoms with van der Waals surface area (Å²) < 4.78 is 11.5. The maximum atomic E-state index is 14.3. The molecule has 2 aromatic carbocycles. The van der Waals surface area contributed by atoms with Crippen molar-refractivity contribution < 1.29 is 37.9 Å². The zero-order valence-electron chi connectivity index (χ0n) is 32.7. The highest BCUT2D eigenvalue weighted by Gasteiger charge is 2.50. The van der Waals surface area contributed by atoms with Crippen LogP contribution in [0.4, 0.5) is 0 Å². The molecular formula is C43H62N3O7+. The third-order valence-electron chi connectivity index (χ3n) is 10.6. The molecule has 0 unspecified atom stereocenters. The van der Waals surface area contributed by atoms with Gasteiger partial charge in [0.05, 0.1) is 39.0 Å². The molecular weight excluding hydrogens is 670 g/mol. The van der Waals surface area contributed by atoms with E-state index in [2.05, 4.69) is 17.7 Å². The molecule has 0 bridgehead atoms. The maximum Gasteiger partial charge on any atom is 0.224 e. The number of rotatable bonds is 22. The Bertz CT molecular complexity index is 1520. The second kappa shape index (κ2) is 19.6. The first-order valence-corrected chi connectivity index (χ1v) is 19.5. The molecule has 0 aliphatic carbocycles. The summed E-state index contributed by atoms with van der Waals surface area (Å²) in [6, 6.07) is 17.8. The van der Waals surface area contributed by atoms with E-state index in [1.54, 1.807) is 6.92 Å². The van der Waals surface area contributed by atoms with Crippen LogP contribution in [0.1, 0.15) is 77.8 Å². The van der Waals surface area contributed by atoms with Crippen LogP contribution in [0.15, 0.2) is 60.7 Å². The van der Waals surface area contributed by atoms with Crippen molar-refractivity contribution >= 4 is 29.2 Å². The van der Waals surface area contributed by atoms with E-state index in [0.717, 1.165) is 24.2 Å². The van der Waals surface area contributed by atoms with E-state index in [1.807, 2.05) is 88.4 Å². The lowest BCUT2D eigenvalue weighted by Crippen LogP contribution is -2.54. The van der Waals surface area contributed by atoms with Crippen LogP contribution in [0.25, 0.3) is 0 Å². The standard InChI is InChI=1S/C43H61N3O7/c1-30(2)23-37(44-41(50)34(18-17-32-13-9-7-10-14-32)26-36(47)28-46(6)19-21-52-22-20-46)39(48)27-35(25-33-15-11-8-12-16-33)42(51)45-38(24-31(3)4)40(49)43(5)29-53-43/h7-16,30-31,34-35,37-38H,17-29H2,1-6H3,(H-,44,45,50,51)/p+1/t34-,35-,37+,38+,43-/m1/s1. The van der Waals surface area contributed by atoms with Crippen LogP contribution < -0.4 is 10.6 Å². The van der Waals surface area contributed by atoms with Gasteiger partial charge in [-0.05, 0) is 62.0 Å². The number of Topliss-reactive ketones (excluding diaryl/α,β-unsaturated/α-hetero) is 3. The Morgan fingerprint density at radius 1 is 0.755 bits per heavy atom. The van der Waals surface area contributed by atoms with Crippen LogP contribution in [0.3, 0.4) is 0 Å². The van der Waals surface area contributed by atoms with E-state index in [-0.39, 0.29) is 53.8 Å². The highest BCUT2D eigenvalue weighted by Crippen LogP contribution is 2.30. The van der Waals surface area contributed by atoms with Gasteiger partial charge in [0.1, 0.15) is 25.2 Å². The third kappa shape index (κ3) is 13.6. The van der Waals surface area contributed by atoms with Gasteiger partial charge in [-0.25, -0.2) is 0 Å². The molecule has 2 heterocycles. The molecule has 10 nitrogen and oxygen atoms in total. The van der Waals surface area contributed by atoms with Crippen LogP contribution in [0, 0.1) is 23.7 Å². The van der Waals surface area contributed by atoms with Crippen molar-refractivity contribution in [1.82, 2.24) is 10.6 Å². The number of amides is 2. The van der Waals surface area contributed by atoms with Crippen molar-refractivity contribution in [3.8, 4) is 0 Å². The Morgan fingerprint density at radius 2 is 1.28 bits per heavy atom. The summed E-state index contributed by atoms with van der Waals surface area (Å²) in [5, 5.41) is 6.05. The number of likely N-dealkylation sites (N-methyl/N-ethyl adjacent to an activating group) is 1. The van der Waals surface area contributed by atoms with Crippen LogP contribution in [-0.4, -0.2) is 97.8 Å². The number of benzene rings is 2. The molecule has 4 rings (SSSR count). The van der Waals surface area contributed by atoms with Crippen LogP contribution in [0.5, 0.6) is 0 Å². The Hall–Kier alpha value is -3.73. The summed E-state index contributed by atoms with van der Waals surface area (Å²) in [5.41, 5.74) is 1.07. The lowest BCUT2D eigenvalue weighted by molar-refractivity contribution is -0.909. The van der Waals surface area contributed by atoms with Gasteiger partial charge in [-0.1, -0.05) is 88.4 Å². The summed E-state index contributed by atoms with van der Waals surface area (Å²) in [6.45, 7) is 13.1. The Kier molecular flexibility index (Phi) is 15.5. The van der Waals surface area contributed by atoms with Gasteiger partial charge in [0, 0.05) is 24.7 Å². The summed E-state index contributed by atoms with van der Waals surface area (Å²) >= 11 is 0. The second-order valence-corrected chi connectivity index (χ2v) is 16.6. The van der Waals surface area contributed by atoms with Crippen molar-refractivity contribution in [2.45, 2.75) is 97.2 Å². The minimum Gasteiger partial charge on any atom is -0.370 e. The van der Waals surface area contributed by atoms with Gasteiger partial charge in [0.2, 0.25) is 11.8 Å². The number of carbonyl (C=O) groups is 5. The SMILES string of the molecule is CC(C)C[C@H](NC(=O)[C@H](CCc1ccccc1)CC(=O)C[N+]1(C)CCOCC1)C(=O)C[C@@H](Cc1ccccc1)C(=O)N[C@@H](CC(C)C)C(=O)[C@@]1(C)CO1. The molecule has 0 radical (unpaired) electrons. The van der Waals surface area contributed by atoms with Gasteiger partial charge in [-0.15, -0.1) is 0 Å². The van der Waals surface area contributed by atoms with Gasteiger partial charge < -0.3 is 24.6 Å². The molecule has 2 aliphatic rings. The van der Waals surface area contributed by atoms with Gasteiger partial charge in [0.25, 0.3) is 0 Å². The van der Waals surface area contributed by atoms with E-state index < -0.39 is 29.5 Å².